The maximum Gasteiger partial charge on any atom is 0.207 e. The van der Waals surface area contributed by atoms with E-state index in [0.717, 1.165) is 35.0 Å². The standard InChI is InChI=1S/C13H23NO.C10H13ClFNS/c1-3-11-6-10-4-9(2)5-12(7-10)13(11)14-8-15;1-10(2,3)13-14-7-4-5-9(12)8(11)6-7/h8-13H,3-7H2,1-2H3,(H,14,15);4-6,13H,1-3H3. The Hall–Kier alpha value is -0.780. The highest BCUT2D eigenvalue weighted by Gasteiger charge is 2.40. The van der Waals surface area contributed by atoms with Gasteiger partial charge < -0.3 is 5.32 Å². The molecule has 5 unspecified atom stereocenters. The van der Waals surface area contributed by atoms with Crippen LogP contribution < -0.4 is 10.0 Å². The third-order valence-electron chi connectivity index (χ3n) is 5.88. The third kappa shape index (κ3) is 7.76. The number of carbonyl (C=O) groups is 1. The fraction of sp³-hybridized carbons (Fsp3) is 0.696. The number of carbonyl (C=O) groups excluding carboxylic acids is 1. The van der Waals surface area contributed by atoms with Crippen LogP contribution in [0.25, 0.3) is 0 Å². The van der Waals surface area contributed by atoms with Crippen molar-refractivity contribution in [1.82, 2.24) is 10.0 Å². The SMILES string of the molecule is CC(C)(C)NSc1ccc(F)c(Cl)c1.CCC1CC2CC(C)CC(C2)C1NC=O. The van der Waals surface area contributed by atoms with Crippen LogP contribution in [0.2, 0.25) is 5.02 Å². The summed E-state index contributed by atoms with van der Waals surface area (Å²) in [6.07, 6.45) is 7.55. The molecule has 2 saturated carbocycles. The van der Waals surface area contributed by atoms with Crippen molar-refractivity contribution in [3.63, 3.8) is 0 Å². The quantitative estimate of drug-likeness (QED) is 0.406. The summed E-state index contributed by atoms with van der Waals surface area (Å²) in [6, 6.07) is 5.14. The predicted octanol–water partition coefficient (Wildman–Crippen LogP) is 6.46. The van der Waals surface area contributed by atoms with Gasteiger partial charge in [0.25, 0.3) is 0 Å². The Morgan fingerprint density at radius 1 is 1.24 bits per heavy atom. The van der Waals surface area contributed by atoms with E-state index in [1.807, 2.05) is 0 Å². The minimum Gasteiger partial charge on any atom is -0.355 e. The summed E-state index contributed by atoms with van der Waals surface area (Å²) in [7, 11) is 0. The summed E-state index contributed by atoms with van der Waals surface area (Å²) in [5, 5.41) is 3.24. The Morgan fingerprint density at radius 3 is 2.55 bits per heavy atom. The van der Waals surface area contributed by atoms with E-state index in [4.69, 9.17) is 11.6 Å². The van der Waals surface area contributed by atoms with Crippen LogP contribution in [0.15, 0.2) is 23.1 Å². The maximum atomic E-state index is 12.8. The van der Waals surface area contributed by atoms with Crippen LogP contribution >= 0.6 is 23.5 Å². The molecule has 3 rings (SSSR count). The minimum atomic E-state index is -0.383. The zero-order valence-corrected chi connectivity index (χ0v) is 19.9. The molecular weight excluding hydrogens is 407 g/mol. The molecule has 1 aromatic rings. The second kappa shape index (κ2) is 11.0. The number of halogens is 2. The molecule has 2 fully saturated rings. The molecule has 6 heteroatoms. The Bertz CT molecular complexity index is 665. The van der Waals surface area contributed by atoms with Crippen molar-refractivity contribution in [3.8, 4) is 0 Å². The van der Waals surface area contributed by atoms with Crippen molar-refractivity contribution in [2.24, 2.45) is 23.7 Å². The Morgan fingerprint density at radius 2 is 1.97 bits per heavy atom. The molecular formula is C23H36ClFN2OS. The van der Waals surface area contributed by atoms with Crippen molar-refractivity contribution in [2.75, 3.05) is 0 Å². The van der Waals surface area contributed by atoms with Gasteiger partial charge in [-0.05, 0) is 100 Å². The topological polar surface area (TPSA) is 41.1 Å². The molecule has 0 saturated heterocycles. The third-order valence-corrected chi connectivity index (χ3v) is 7.37. The lowest BCUT2D eigenvalue weighted by Crippen LogP contribution is -2.49. The first-order valence-corrected chi connectivity index (χ1v) is 11.9. The molecule has 3 nitrogen and oxygen atoms in total. The first-order valence-electron chi connectivity index (χ1n) is 10.7. The summed E-state index contributed by atoms with van der Waals surface area (Å²) < 4.78 is 16.0. The molecule has 1 aromatic carbocycles. The fourth-order valence-electron chi connectivity index (χ4n) is 4.77. The first kappa shape index (κ1) is 24.5. The summed E-state index contributed by atoms with van der Waals surface area (Å²) in [4.78, 5) is 11.6. The highest BCUT2D eigenvalue weighted by Crippen LogP contribution is 2.45. The van der Waals surface area contributed by atoms with Gasteiger partial charge in [0.15, 0.2) is 0 Å². The monoisotopic (exact) mass is 442 g/mol. The second-order valence-electron chi connectivity index (χ2n) is 9.68. The first-order chi connectivity index (χ1) is 13.6. The van der Waals surface area contributed by atoms with Crippen LogP contribution in [0.5, 0.6) is 0 Å². The molecule has 0 aromatic heterocycles. The zero-order chi connectivity index (χ0) is 21.6. The molecule has 164 valence electrons. The van der Waals surface area contributed by atoms with Crippen molar-refractivity contribution in [2.45, 2.75) is 83.2 Å². The normalized spacial score (nSPS) is 28.9. The lowest BCUT2D eigenvalue weighted by Gasteiger charge is -2.47. The van der Waals surface area contributed by atoms with E-state index in [-0.39, 0.29) is 16.4 Å². The van der Waals surface area contributed by atoms with E-state index in [2.05, 4.69) is 44.7 Å². The molecule has 2 aliphatic carbocycles. The molecule has 5 atom stereocenters. The smallest absolute Gasteiger partial charge is 0.207 e. The molecule has 29 heavy (non-hydrogen) atoms. The predicted molar refractivity (Wildman–Crippen MR) is 122 cm³/mol. The van der Waals surface area contributed by atoms with Gasteiger partial charge in [-0.2, -0.15) is 0 Å². The van der Waals surface area contributed by atoms with Gasteiger partial charge >= 0.3 is 0 Å². The molecule has 2 N–H and O–H groups in total. The van der Waals surface area contributed by atoms with E-state index in [1.54, 1.807) is 12.1 Å². The number of benzene rings is 1. The molecule has 1 amide bonds. The van der Waals surface area contributed by atoms with Gasteiger partial charge in [-0.1, -0.05) is 31.9 Å². The van der Waals surface area contributed by atoms with Crippen molar-refractivity contribution in [1.29, 1.82) is 0 Å². The maximum absolute atomic E-state index is 12.8. The van der Waals surface area contributed by atoms with Crippen molar-refractivity contribution < 1.29 is 9.18 Å². The lowest BCUT2D eigenvalue weighted by atomic mass is 9.62. The van der Waals surface area contributed by atoms with Gasteiger partial charge in [0.2, 0.25) is 6.41 Å². The number of hydrogen-bond acceptors (Lipinski definition) is 3. The highest BCUT2D eigenvalue weighted by molar-refractivity contribution is 7.97. The van der Waals surface area contributed by atoms with Crippen LogP contribution in [0.4, 0.5) is 4.39 Å². The molecule has 0 spiro atoms. The van der Waals surface area contributed by atoms with Gasteiger partial charge in [0, 0.05) is 16.5 Å². The summed E-state index contributed by atoms with van der Waals surface area (Å²) in [5.74, 6) is 2.90. The molecule has 0 heterocycles. The average Bonchev–Trinajstić information content (AvgIpc) is 2.64. The minimum absolute atomic E-state index is 0.0194. The number of nitrogens with one attached hydrogen (secondary N) is 2. The van der Waals surface area contributed by atoms with Crippen LogP contribution in [0, 0.1) is 29.5 Å². The van der Waals surface area contributed by atoms with Gasteiger partial charge in [-0.15, -0.1) is 0 Å². The number of rotatable bonds is 5. The van der Waals surface area contributed by atoms with Gasteiger partial charge in [0.1, 0.15) is 5.82 Å². The molecule has 0 radical (unpaired) electrons. The Labute approximate surface area is 185 Å². The fourth-order valence-corrected chi connectivity index (χ4v) is 5.75. The Kier molecular flexibility index (Phi) is 9.30. The molecule has 2 aliphatic rings. The molecule has 0 aliphatic heterocycles. The van der Waals surface area contributed by atoms with E-state index < -0.39 is 0 Å². The van der Waals surface area contributed by atoms with E-state index in [0.29, 0.717) is 6.04 Å². The largest absolute Gasteiger partial charge is 0.355 e. The summed E-state index contributed by atoms with van der Waals surface area (Å²) in [5.41, 5.74) is 0.0194. The average molecular weight is 443 g/mol. The Balaban J connectivity index is 0.000000208. The highest BCUT2D eigenvalue weighted by atomic mass is 35.5. The van der Waals surface area contributed by atoms with Gasteiger partial charge in [-0.3, -0.25) is 9.52 Å². The van der Waals surface area contributed by atoms with E-state index >= 15 is 0 Å². The van der Waals surface area contributed by atoms with Gasteiger partial charge in [0.05, 0.1) is 5.02 Å². The second-order valence-corrected chi connectivity index (χ2v) is 11.0. The number of hydrogen-bond donors (Lipinski definition) is 2. The zero-order valence-electron chi connectivity index (χ0n) is 18.3. The lowest BCUT2D eigenvalue weighted by molar-refractivity contribution is -0.111. The van der Waals surface area contributed by atoms with Crippen LogP contribution in [0.3, 0.4) is 0 Å². The molecule has 2 bridgehead atoms. The van der Waals surface area contributed by atoms with E-state index in [9.17, 15) is 9.18 Å². The van der Waals surface area contributed by atoms with Crippen molar-refractivity contribution >= 4 is 30.0 Å². The summed E-state index contributed by atoms with van der Waals surface area (Å²) >= 11 is 7.10. The number of fused-ring (bicyclic) bond motifs is 2. The van der Waals surface area contributed by atoms with Gasteiger partial charge in [-0.25, -0.2) is 4.39 Å². The number of amides is 1. The van der Waals surface area contributed by atoms with Crippen LogP contribution in [-0.4, -0.2) is 18.0 Å². The van der Waals surface area contributed by atoms with E-state index in [1.165, 1.54) is 50.1 Å². The van der Waals surface area contributed by atoms with Crippen LogP contribution in [-0.2, 0) is 4.79 Å². The van der Waals surface area contributed by atoms with Crippen molar-refractivity contribution in [3.05, 3.63) is 29.0 Å². The summed E-state index contributed by atoms with van der Waals surface area (Å²) in [6.45, 7) is 10.8. The van der Waals surface area contributed by atoms with Crippen LogP contribution in [0.1, 0.15) is 66.7 Å².